The predicted molar refractivity (Wildman–Crippen MR) is 82.8 cm³/mol. The topological polar surface area (TPSA) is 29.5 Å². The Labute approximate surface area is 122 Å². The van der Waals surface area contributed by atoms with Crippen molar-refractivity contribution in [1.82, 2.24) is 4.90 Å². The molecule has 0 aromatic heterocycles. The first-order valence-electron chi connectivity index (χ1n) is 7.54. The van der Waals surface area contributed by atoms with E-state index in [9.17, 15) is 4.79 Å². The molecule has 0 aliphatic heterocycles. The number of methoxy groups -OCH3 is 1. The van der Waals surface area contributed by atoms with E-state index < -0.39 is 0 Å². The molecule has 0 saturated heterocycles. The second-order valence-corrected chi connectivity index (χ2v) is 5.20. The van der Waals surface area contributed by atoms with Gasteiger partial charge in [0.15, 0.2) is 0 Å². The van der Waals surface area contributed by atoms with Gasteiger partial charge in [-0.25, -0.2) is 4.79 Å². The molecule has 0 heterocycles. The van der Waals surface area contributed by atoms with Gasteiger partial charge in [-0.15, -0.1) is 0 Å². The molecule has 0 unspecified atom stereocenters. The fraction of sp³-hybridized carbons (Fsp3) is 0.588. The van der Waals surface area contributed by atoms with Crippen LogP contribution in [0.2, 0.25) is 0 Å². The molecule has 0 aliphatic rings. The van der Waals surface area contributed by atoms with Gasteiger partial charge in [-0.2, -0.15) is 0 Å². The fourth-order valence-electron chi connectivity index (χ4n) is 2.34. The Hall–Kier alpha value is -1.35. The van der Waals surface area contributed by atoms with Crippen LogP contribution < -0.4 is 0 Å². The van der Waals surface area contributed by atoms with E-state index in [0.29, 0.717) is 5.56 Å². The van der Waals surface area contributed by atoms with Gasteiger partial charge in [-0.05, 0) is 30.2 Å². The third kappa shape index (κ3) is 4.97. The standard InChI is InChI=1S/C17H27NO2/c1-5-14(6-2)12-18(7-3)13-15-8-10-16(11-9-15)17(19)20-4/h8-11,14H,5-7,12-13H2,1-4H3. The van der Waals surface area contributed by atoms with Crippen molar-refractivity contribution in [2.24, 2.45) is 5.92 Å². The number of carbonyl (C=O) groups is 1. The van der Waals surface area contributed by atoms with E-state index in [1.807, 2.05) is 24.3 Å². The van der Waals surface area contributed by atoms with Crippen molar-refractivity contribution >= 4 is 5.97 Å². The molecule has 112 valence electrons. The molecule has 1 aromatic carbocycles. The van der Waals surface area contributed by atoms with Crippen molar-refractivity contribution in [2.75, 3.05) is 20.2 Å². The Kier molecular flexibility index (Phi) is 7.31. The van der Waals surface area contributed by atoms with Crippen LogP contribution in [-0.2, 0) is 11.3 Å². The highest BCUT2D eigenvalue weighted by molar-refractivity contribution is 5.89. The van der Waals surface area contributed by atoms with Crippen molar-refractivity contribution in [3.63, 3.8) is 0 Å². The molecule has 0 radical (unpaired) electrons. The predicted octanol–water partition coefficient (Wildman–Crippen LogP) is 3.73. The highest BCUT2D eigenvalue weighted by Crippen LogP contribution is 2.13. The number of hydrogen-bond donors (Lipinski definition) is 0. The van der Waals surface area contributed by atoms with Gasteiger partial charge in [0.05, 0.1) is 12.7 Å². The van der Waals surface area contributed by atoms with E-state index in [0.717, 1.165) is 25.6 Å². The summed E-state index contributed by atoms with van der Waals surface area (Å²) in [5.74, 6) is 0.491. The molecule has 0 spiro atoms. The molecular formula is C17H27NO2. The van der Waals surface area contributed by atoms with E-state index in [1.54, 1.807) is 0 Å². The van der Waals surface area contributed by atoms with E-state index in [-0.39, 0.29) is 5.97 Å². The van der Waals surface area contributed by atoms with Crippen molar-refractivity contribution in [2.45, 2.75) is 40.2 Å². The lowest BCUT2D eigenvalue weighted by molar-refractivity contribution is 0.0600. The van der Waals surface area contributed by atoms with Gasteiger partial charge in [-0.1, -0.05) is 45.7 Å². The van der Waals surface area contributed by atoms with Crippen molar-refractivity contribution in [3.05, 3.63) is 35.4 Å². The first kappa shape index (κ1) is 16.7. The van der Waals surface area contributed by atoms with Crippen LogP contribution in [0.4, 0.5) is 0 Å². The van der Waals surface area contributed by atoms with Gasteiger partial charge in [0.1, 0.15) is 0 Å². The summed E-state index contributed by atoms with van der Waals surface area (Å²) in [7, 11) is 1.41. The second-order valence-electron chi connectivity index (χ2n) is 5.20. The van der Waals surface area contributed by atoms with Gasteiger partial charge in [0, 0.05) is 13.1 Å². The van der Waals surface area contributed by atoms with Gasteiger partial charge in [0.25, 0.3) is 0 Å². The fourth-order valence-corrected chi connectivity index (χ4v) is 2.34. The van der Waals surface area contributed by atoms with Crippen molar-refractivity contribution in [3.8, 4) is 0 Å². The summed E-state index contributed by atoms with van der Waals surface area (Å²) in [6, 6.07) is 7.71. The lowest BCUT2D eigenvalue weighted by Crippen LogP contribution is -2.28. The van der Waals surface area contributed by atoms with Crippen LogP contribution in [-0.4, -0.2) is 31.1 Å². The monoisotopic (exact) mass is 277 g/mol. The lowest BCUT2D eigenvalue weighted by atomic mass is 10.0. The van der Waals surface area contributed by atoms with Gasteiger partial charge >= 0.3 is 5.97 Å². The van der Waals surface area contributed by atoms with E-state index >= 15 is 0 Å². The minimum atomic E-state index is -0.277. The molecule has 20 heavy (non-hydrogen) atoms. The van der Waals surface area contributed by atoms with Crippen LogP contribution in [0.15, 0.2) is 24.3 Å². The summed E-state index contributed by atoms with van der Waals surface area (Å²) >= 11 is 0. The minimum absolute atomic E-state index is 0.277. The Morgan fingerprint density at radius 3 is 2.20 bits per heavy atom. The molecule has 0 amide bonds. The third-order valence-corrected chi connectivity index (χ3v) is 3.90. The molecular weight excluding hydrogens is 250 g/mol. The molecule has 0 bridgehead atoms. The van der Waals surface area contributed by atoms with Crippen LogP contribution in [0.25, 0.3) is 0 Å². The molecule has 0 aliphatic carbocycles. The molecule has 3 heteroatoms. The SMILES string of the molecule is CCC(CC)CN(CC)Cc1ccc(C(=O)OC)cc1. The Morgan fingerprint density at radius 1 is 1.15 bits per heavy atom. The summed E-state index contributed by atoms with van der Waals surface area (Å²) in [5.41, 5.74) is 1.85. The molecule has 0 saturated carbocycles. The molecule has 0 fully saturated rings. The van der Waals surface area contributed by atoms with Crippen LogP contribution in [0.1, 0.15) is 49.5 Å². The van der Waals surface area contributed by atoms with Crippen LogP contribution >= 0.6 is 0 Å². The van der Waals surface area contributed by atoms with Gasteiger partial charge in [0.2, 0.25) is 0 Å². The first-order chi connectivity index (χ1) is 9.64. The number of ether oxygens (including phenoxy) is 1. The first-order valence-corrected chi connectivity index (χ1v) is 7.54. The van der Waals surface area contributed by atoms with Gasteiger partial charge < -0.3 is 4.74 Å². The Balaban J connectivity index is 2.63. The van der Waals surface area contributed by atoms with Crippen LogP contribution in [0, 0.1) is 5.92 Å². The van der Waals surface area contributed by atoms with Crippen LogP contribution in [0.3, 0.4) is 0 Å². The quantitative estimate of drug-likeness (QED) is 0.678. The Morgan fingerprint density at radius 2 is 1.75 bits per heavy atom. The normalized spacial score (nSPS) is 11.1. The molecule has 1 aromatic rings. The zero-order valence-electron chi connectivity index (χ0n) is 13.2. The van der Waals surface area contributed by atoms with E-state index in [2.05, 4.69) is 25.7 Å². The number of nitrogens with zero attached hydrogens (tertiary/aromatic N) is 1. The molecule has 1 rings (SSSR count). The highest BCUT2D eigenvalue weighted by atomic mass is 16.5. The maximum Gasteiger partial charge on any atom is 0.337 e. The van der Waals surface area contributed by atoms with Crippen molar-refractivity contribution < 1.29 is 9.53 Å². The van der Waals surface area contributed by atoms with Gasteiger partial charge in [-0.3, -0.25) is 4.90 Å². The number of esters is 1. The summed E-state index contributed by atoms with van der Waals surface area (Å²) in [4.78, 5) is 13.9. The summed E-state index contributed by atoms with van der Waals surface area (Å²) in [6.07, 6.45) is 2.46. The van der Waals surface area contributed by atoms with E-state index in [1.165, 1.54) is 25.5 Å². The summed E-state index contributed by atoms with van der Waals surface area (Å²) in [5, 5.41) is 0. The maximum atomic E-state index is 11.4. The number of hydrogen-bond acceptors (Lipinski definition) is 3. The zero-order chi connectivity index (χ0) is 15.0. The minimum Gasteiger partial charge on any atom is -0.465 e. The van der Waals surface area contributed by atoms with Crippen molar-refractivity contribution in [1.29, 1.82) is 0 Å². The van der Waals surface area contributed by atoms with E-state index in [4.69, 9.17) is 4.74 Å². The smallest absolute Gasteiger partial charge is 0.337 e. The number of carbonyl (C=O) groups excluding carboxylic acids is 1. The Bertz CT molecular complexity index is 396. The second kappa shape index (κ2) is 8.75. The summed E-state index contributed by atoms with van der Waals surface area (Å²) < 4.78 is 4.71. The number of rotatable bonds is 8. The average molecular weight is 277 g/mol. The molecule has 0 atom stereocenters. The number of benzene rings is 1. The van der Waals surface area contributed by atoms with Crippen LogP contribution in [0.5, 0.6) is 0 Å². The lowest BCUT2D eigenvalue weighted by Gasteiger charge is -2.25. The zero-order valence-corrected chi connectivity index (χ0v) is 13.2. The third-order valence-electron chi connectivity index (χ3n) is 3.90. The summed E-state index contributed by atoms with van der Waals surface area (Å²) in [6.45, 7) is 9.84. The highest BCUT2D eigenvalue weighted by Gasteiger charge is 2.11. The average Bonchev–Trinajstić information content (AvgIpc) is 2.51. The molecule has 3 nitrogen and oxygen atoms in total. The largest absolute Gasteiger partial charge is 0.465 e. The molecule has 0 N–H and O–H groups in total. The maximum absolute atomic E-state index is 11.4.